The van der Waals surface area contributed by atoms with Crippen LogP contribution < -0.4 is 0 Å². The Kier molecular flexibility index (Phi) is 4.21. The van der Waals surface area contributed by atoms with E-state index in [9.17, 15) is 8.22 Å². The molecule has 0 saturated carbocycles. The Morgan fingerprint density at radius 3 is 1.45 bits per heavy atom. The van der Waals surface area contributed by atoms with Crippen LogP contribution in [-0.4, -0.2) is 0 Å². The Balaban J connectivity index is 1.62. The van der Waals surface area contributed by atoms with E-state index in [0.717, 1.165) is 11.1 Å². The SMILES string of the molecule is [2H]c1c([2H])c([2H])c(-c2oc3ccc(-c4ccccc4)cc3c2-c2c3c([2H])c([2H])c([2H])c([2H])c3c(-c3ccccc3)c3c([2H])c([2H])c([2H])c([2H])c23)c(-c2ccccc2)c1[2H]. The van der Waals surface area contributed by atoms with Crippen molar-refractivity contribution < 1.29 is 20.9 Å². The van der Waals surface area contributed by atoms with Gasteiger partial charge in [0.1, 0.15) is 11.3 Å². The van der Waals surface area contributed by atoms with Crippen molar-refractivity contribution in [2.45, 2.75) is 0 Å². The number of fused-ring (bicyclic) bond motifs is 3. The zero-order valence-corrected chi connectivity index (χ0v) is 24.8. The first kappa shape index (κ1) is 17.5. The van der Waals surface area contributed by atoms with Gasteiger partial charge in [0.2, 0.25) is 0 Å². The third-order valence-corrected chi connectivity index (χ3v) is 8.46. The highest BCUT2D eigenvalue weighted by Crippen LogP contribution is 2.51. The molecule has 0 aliphatic rings. The van der Waals surface area contributed by atoms with E-state index in [-0.39, 0.29) is 66.7 Å². The molecular formula is C46H30O. The minimum absolute atomic E-state index is 0.000865. The zero-order chi connectivity index (χ0) is 41.6. The van der Waals surface area contributed by atoms with Crippen LogP contribution >= 0.6 is 0 Å². The summed E-state index contributed by atoms with van der Waals surface area (Å²) in [5.41, 5.74) is 3.10. The highest BCUT2D eigenvalue weighted by molar-refractivity contribution is 6.25. The predicted molar refractivity (Wildman–Crippen MR) is 198 cm³/mol. The molecule has 0 atom stereocenters. The maximum Gasteiger partial charge on any atom is 0.143 e. The fraction of sp³-hybridized carbons (Fsp3) is 0. The molecule has 1 heteroatoms. The lowest BCUT2D eigenvalue weighted by atomic mass is 9.84. The van der Waals surface area contributed by atoms with Gasteiger partial charge >= 0.3 is 0 Å². The van der Waals surface area contributed by atoms with Gasteiger partial charge in [-0.1, -0.05) is 170 Å². The molecule has 220 valence electrons. The van der Waals surface area contributed by atoms with Crippen LogP contribution in [0.3, 0.4) is 0 Å². The van der Waals surface area contributed by atoms with E-state index in [1.807, 2.05) is 42.5 Å². The topological polar surface area (TPSA) is 13.1 Å². The maximum atomic E-state index is 9.56. The van der Waals surface area contributed by atoms with Crippen molar-refractivity contribution in [3.63, 3.8) is 0 Å². The van der Waals surface area contributed by atoms with Crippen molar-refractivity contribution in [1.29, 1.82) is 0 Å². The Hall–Kier alpha value is -6.18. The highest BCUT2D eigenvalue weighted by Gasteiger charge is 2.25. The van der Waals surface area contributed by atoms with Crippen LogP contribution in [0.2, 0.25) is 0 Å². The Morgan fingerprint density at radius 2 is 0.851 bits per heavy atom. The molecule has 0 saturated heterocycles. The molecule has 0 amide bonds. The number of hydrogen-bond donors (Lipinski definition) is 0. The summed E-state index contributed by atoms with van der Waals surface area (Å²) in [6, 6.07) is 26.3. The van der Waals surface area contributed by atoms with E-state index in [0.29, 0.717) is 16.5 Å². The molecule has 1 nitrogen and oxygen atoms in total. The van der Waals surface area contributed by atoms with Crippen LogP contribution in [0, 0.1) is 0 Å². The second-order valence-electron chi connectivity index (χ2n) is 11.1. The molecule has 1 aromatic heterocycles. The smallest absolute Gasteiger partial charge is 0.143 e. The van der Waals surface area contributed by atoms with Crippen LogP contribution in [-0.2, 0) is 0 Å². The van der Waals surface area contributed by atoms with E-state index in [1.165, 1.54) is 0 Å². The van der Waals surface area contributed by atoms with Crippen LogP contribution in [0.5, 0.6) is 0 Å². The predicted octanol–water partition coefficient (Wildman–Crippen LogP) is 13.1. The van der Waals surface area contributed by atoms with E-state index < -0.39 is 66.5 Å². The minimum Gasteiger partial charge on any atom is -0.455 e. The van der Waals surface area contributed by atoms with Gasteiger partial charge < -0.3 is 4.42 Å². The second-order valence-corrected chi connectivity index (χ2v) is 11.1. The normalized spacial score (nSPS) is 15.0. The molecule has 0 aliphatic heterocycles. The highest BCUT2D eigenvalue weighted by atomic mass is 16.3. The number of hydrogen-bond acceptors (Lipinski definition) is 1. The summed E-state index contributed by atoms with van der Waals surface area (Å²) in [6.07, 6.45) is 0. The van der Waals surface area contributed by atoms with Crippen LogP contribution in [0.4, 0.5) is 0 Å². The largest absolute Gasteiger partial charge is 0.455 e. The molecule has 47 heavy (non-hydrogen) atoms. The van der Waals surface area contributed by atoms with Crippen molar-refractivity contribution >= 4 is 32.5 Å². The lowest BCUT2D eigenvalue weighted by Crippen LogP contribution is -1.92. The molecule has 0 N–H and O–H groups in total. The van der Waals surface area contributed by atoms with Gasteiger partial charge in [-0.2, -0.15) is 0 Å². The molecule has 0 aliphatic carbocycles. The molecule has 0 radical (unpaired) electrons. The van der Waals surface area contributed by atoms with E-state index >= 15 is 0 Å². The minimum atomic E-state index is -0.575. The van der Waals surface area contributed by atoms with Crippen molar-refractivity contribution in [3.05, 3.63) is 182 Å². The third kappa shape index (κ3) is 4.56. The summed E-state index contributed by atoms with van der Waals surface area (Å²) in [4.78, 5) is 0. The summed E-state index contributed by atoms with van der Waals surface area (Å²) in [7, 11) is 0. The lowest BCUT2D eigenvalue weighted by molar-refractivity contribution is 0.633. The number of furan rings is 1. The molecule has 0 spiro atoms. The van der Waals surface area contributed by atoms with Gasteiger partial charge in [-0.25, -0.2) is 0 Å². The Labute approximate surface area is 290 Å². The summed E-state index contributed by atoms with van der Waals surface area (Å²) < 4.78 is 117. The number of rotatable bonds is 5. The fourth-order valence-corrected chi connectivity index (χ4v) is 6.40. The molecule has 0 unspecified atom stereocenters. The van der Waals surface area contributed by atoms with E-state index in [4.69, 9.17) is 12.6 Å². The van der Waals surface area contributed by atoms with Gasteiger partial charge in [0.15, 0.2) is 0 Å². The van der Waals surface area contributed by atoms with E-state index in [2.05, 4.69) is 0 Å². The summed E-state index contributed by atoms with van der Waals surface area (Å²) in [6.45, 7) is 0. The van der Waals surface area contributed by atoms with Crippen LogP contribution in [0.15, 0.2) is 186 Å². The lowest BCUT2D eigenvalue weighted by Gasteiger charge is -2.18. The van der Waals surface area contributed by atoms with Gasteiger partial charge in [0, 0.05) is 22.1 Å². The monoisotopic (exact) mass is 610 g/mol. The van der Waals surface area contributed by atoms with Gasteiger partial charge in [0.25, 0.3) is 0 Å². The summed E-state index contributed by atoms with van der Waals surface area (Å²) >= 11 is 0. The van der Waals surface area contributed by atoms with Gasteiger partial charge in [-0.15, -0.1) is 0 Å². The van der Waals surface area contributed by atoms with E-state index in [1.54, 1.807) is 66.7 Å². The van der Waals surface area contributed by atoms with Gasteiger partial charge in [-0.3, -0.25) is 0 Å². The zero-order valence-electron chi connectivity index (χ0n) is 36.8. The van der Waals surface area contributed by atoms with Gasteiger partial charge in [-0.05, 0) is 67.1 Å². The molecular weight excluding hydrogens is 569 g/mol. The maximum absolute atomic E-state index is 9.56. The third-order valence-electron chi connectivity index (χ3n) is 8.46. The first-order valence-corrected chi connectivity index (χ1v) is 15.1. The molecule has 8 aromatic carbocycles. The second kappa shape index (κ2) is 11.3. The standard InChI is InChI=1S/C46H30O/c1-4-16-31(17-5-1)34-28-29-42-41(30-34)45(46(47-42)40-27-15-10-22-35(40)32-18-6-2-7-19-32)44-38-25-13-11-23-36(38)43(33-20-8-3-9-21-33)37-24-12-14-26-39(37)44/h1-30H/i10D,11D,12D,13D,14D,15D,22D,23D,24D,25D,26D,27D. The Bertz CT molecular complexity index is 3140. The first-order chi connectivity index (χ1) is 28.3. The molecule has 9 aromatic rings. The molecule has 9 rings (SSSR count). The average Bonchev–Trinajstić information content (AvgIpc) is 3.64. The van der Waals surface area contributed by atoms with Crippen molar-refractivity contribution in [2.75, 3.05) is 0 Å². The quantitative estimate of drug-likeness (QED) is 0.177. The van der Waals surface area contributed by atoms with Crippen LogP contribution in [0.25, 0.3) is 88.3 Å². The Morgan fingerprint density at radius 1 is 0.362 bits per heavy atom. The number of benzene rings is 8. The molecule has 1 heterocycles. The summed E-state index contributed by atoms with van der Waals surface area (Å²) in [5, 5.41) is 0.287. The average molecular weight is 611 g/mol. The van der Waals surface area contributed by atoms with Crippen LogP contribution in [0.1, 0.15) is 16.4 Å². The fourth-order valence-electron chi connectivity index (χ4n) is 6.40. The molecule has 0 fully saturated rings. The van der Waals surface area contributed by atoms with Crippen molar-refractivity contribution in [2.24, 2.45) is 0 Å². The van der Waals surface area contributed by atoms with Gasteiger partial charge in [0.05, 0.1) is 16.4 Å². The first-order valence-electron chi connectivity index (χ1n) is 21.1. The van der Waals surface area contributed by atoms with Crippen molar-refractivity contribution in [3.8, 4) is 55.8 Å². The van der Waals surface area contributed by atoms with Crippen molar-refractivity contribution in [1.82, 2.24) is 0 Å². The molecule has 0 bridgehead atoms. The summed E-state index contributed by atoms with van der Waals surface area (Å²) in [5.74, 6) is -0.0778.